The van der Waals surface area contributed by atoms with Crippen LogP contribution in [0.1, 0.15) is 17.4 Å². The number of aliphatic hydroxyl groups is 1. The van der Waals surface area contributed by atoms with Crippen molar-refractivity contribution in [1.82, 2.24) is 5.32 Å². The van der Waals surface area contributed by atoms with Crippen molar-refractivity contribution in [3.63, 3.8) is 0 Å². The molecule has 6 heteroatoms. The predicted octanol–water partition coefficient (Wildman–Crippen LogP) is 2.56. The third kappa shape index (κ3) is 2.60. The zero-order valence-corrected chi connectivity index (χ0v) is 11.9. The Morgan fingerprint density at radius 3 is 2.68 bits per heavy atom. The Bertz CT molecular complexity index is 703. The summed E-state index contributed by atoms with van der Waals surface area (Å²) < 4.78 is 18.4. The number of nitrogens with zero attached hydrogens (tertiary/aromatic N) is 1. The van der Waals surface area contributed by atoms with Gasteiger partial charge in [0, 0.05) is 5.56 Å². The van der Waals surface area contributed by atoms with Crippen molar-refractivity contribution in [1.29, 1.82) is 0 Å². The van der Waals surface area contributed by atoms with E-state index in [1.54, 1.807) is 19.2 Å². The summed E-state index contributed by atoms with van der Waals surface area (Å²) in [6.07, 6.45) is -1.20. The highest BCUT2D eigenvalue weighted by atomic mass is 19.1. The maximum atomic E-state index is 13.3. The molecule has 0 saturated heterocycles. The number of anilines is 1. The maximum absolute atomic E-state index is 13.3. The lowest BCUT2D eigenvalue weighted by atomic mass is 10.1. The Kier molecular flexibility index (Phi) is 3.68. The minimum absolute atomic E-state index is 0.307. The van der Waals surface area contributed by atoms with Crippen LogP contribution >= 0.6 is 0 Å². The molecule has 1 aliphatic heterocycles. The minimum atomic E-state index is -1.20. The molecule has 0 aromatic heterocycles. The number of methoxy groups -OCH3 is 1. The van der Waals surface area contributed by atoms with Crippen molar-refractivity contribution in [2.45, 2.75) is 12.8 Å². The number of benzene rings is 2. The van der Waals surface area contributed by atoms with Crippen LogP contribution in [0.3, 0.4) is 0 Å². The molecule has 1 heterocycles. The van der Waals surface area contributed by atoms with Crippen LogP contribution < -0.4 is 15.0 Å². The van der Waals surface area contributed by atoms with Crippen LogP contribution in [-0.2, 0) is 6.54 Å². The molecule has 0 bridgehead atoms. The fraction of sp³-hybridized carbons (Fsp3) is 0.188. The van der Waals surface area contributed by atoms with E-state index in [2.05, 4.69) is 5.32 Å². The Hall–Kier alpha value is -2.60. The molecule has 0 radical (unpaired) electrons. The minimum Gasteiger partial charge on any atom is -0.497 e. The van der Waals surface area contributed by atoms with Crippen LogP contribution in [0.5, 0.6) is 5.75 Å². The van der Waals surface area contributed by atoms with Gasteiger partial charge in [-0.25, -0.2) is 9.18 Å². The molecule has 3 rings (SSSR count). The third-order valence-corrected chi connectivity index (χ3v) is 3.58. The van der Waals surface area contributed by atoms with Gasteiger partial charge in [0.1, 0.15) is 11.6 Å². The lowest BCUT2D eigenvalue weighted by Gasteiger charge is -2.33. The molecule has 5 nitrogen and oxygen atoms in total. The molecule has 0 saturated carbocycles. The molecular formula is C16H15FN2O3. The molecule has 1 atom stereocenters. The molecule has 1 aliphatic rings. The van der Waals surface area contributed by atoms with E-state index in [1.807, 2.05) is 12.1 Å². The number of ether oxygens (including phenoxy) is 1. The first-order chi connectivity index (χ1) is 10.6. The number of carbonyl (C=O) groups excluding carboxylic acids is 1. The average Bonchev–Trinajstić information content (AvgIpc) is 2.52. The highest BCUT2D eigenvalue weighted by Crippen LogP contribution is 2.31. The highest BCUT2D eigenvalue weighted by Gasteiger charge is 2.29. The van der Waals surface area contributed by atoms with Crippen molar-refractivity contribution in [3.05, 3.63) is 59.4 Å². The van der Waals surface area contributed by atoms with E-state index in [9.17, 15) is 14.3 Å². The van der Waals surface area contributed by atoms with Crippen molar-refractivity contribution in [3.8, 4) is 5.75 Å². The van der Waals surface area contributed by atoms with Gasteiger partial charge in [-0.15, -0.1) is 0 Å². The number of amides is 2. The quantitative estimate of drug-likeness (QED) is 0.916. The lowest BCUT2D eigenvalue weighted by molar-refractivity contribution is 0.139. The molecule has 0 fully saturated rings. The molecule has 114 valence electrons. The van der Waals surface area contributed by atoms with Crippen LogP contribution in [-0.4, -0.2) is 18.2 Å². The van der Waals surface area contributed by atoms with E-state index in [0.29, 0.717) is 17.8 Å². The summed E-state index contributed by atoms with van der Waals surface area (Å²) in [6.45, 7) is 0.307. The highest BCUT2D eigenvalue weighted by molar-refractivity contribution is 5.95. The number of nitrogens with one attached hydrogen (secondary N) is 1. The summed E-state index contributed by atoms with van der Waals surface area (Å²) >= 11 is 0. The Labute approximate surface area is 126 Å². The van der Waals surface area contributed by atoms with E-state index < -0.39 is 18.1 Å². The maximum Gasteiger partial charge on any atom is 0.324 e. The zero-order valence-electron chi connectivity index (χ0n) is 11.9. The van der Waals surface area contributed by atoms with Crippen LogP contribution in [0.2, 0.25) is 0 Å². The van der Waals surface area contributed by atoms with Crippen molar-refractivity contribution in [2.75, 3.05) is 12.0 Å². The molecule has 2 aromatic carbocycles. The van der Waals surface area contributed by atoms with E-state index in [-0.39, 0.29) is 0 Å². The zero-order chi connectivity index (χ0) is 15.7. The van der Waals surface area contributed by atoms with Crippen LogP contribution in [0, 0.1) is 5.82 Å². The molecule has 2 amide bonds. The summed E-state index contributed by atoms with van der Waals surface area (Å²) in [7, 11) is 1.58. The second-order valence-corrected chi connectivity index (χ2v) is 4.99. The number of rotatable bonds is 3. The number of fused-ring (bicyclic) bond motifs is 1. The van der Waals surface area contributed by atoms with Gasteiger partial charge in [0.2, 0.25) is 0 Å². The summed E-state index contributed by atoms with van der Waals surface area (Å²) in [5.74, 6) is 0.267. The summed E-state index contributed by atoms with van der Waals surface area (Å²) in [5.41, 5.74) is 1.73. The van der Waals surface area contributed by atoms with Crippen LogP contribution in [0.15, 0.2) is 42.5 Å². The Morgan fingerprint density at radius 1 is 1.27 bits per heavy atom. The van der Waals surface area contributed by atoms with Gasteiger partial charge in [-0.05, 0) is 35.9 Å². The summed E-state index contributed by atoms with van der Waals surface area (Å²) in [5, 5.41) is 12.3. The molecule has 2 N–H and O–H groups in total. The average molecular weight is 302 g/mol. The molecule has 0 spiro atoms. The third-order valence-electron chi connectivity index (χ3n) is 3.58. The van der Waals surface area contributed by atoms with Gasteiger partial charge in [0.05, 0.1) is 19.3 Å². The normalized spacial score (nSPS) is 17.0. The van der Waals surface area contributed by atoms with Crippen LogP contribution in [0.25, 0.3) is 0 Å². The van der Waals surface area contributed by atoms with E-state index in [0.717, 1.165) is 11.3 Å². The SMILES string of the molecule is COc1ccc(CN2C(=O)NC(O)c3cc(F)ccc32)cc1. The topological polar surface area (TPSA) is 61.8 Å². The monoisotopic (exact) mass is 302 g/mol. The molecule has 2 aromatic rings. The molecule has 0 aliphatic carbocycles. The lowest BCUT2D eigenvalue weighted by Crippen LogP contribution is -2.46. The van der Waals surface area contributed by atoms with Crippen molar-refractivity contribution < 1.29 is 19.0 Å². The molecular weight excluding hydrogens is 287 g/mol. The number of carbonyl (C=O) groups is 1. The molecule has 1 unspecified atom stereocenters. The predicted molar refractivity (Wildman–Crippen MR) is 79.1 cm³/mol. The fourth-order valence-electron chi connectivity index (χ4n) is 2.44. The van der Waals surface area contributed by atoms with E-state index >= 15 is 0 Å². The van der Waals surface area contributed by atoms with E-state index in [1.165, 1.54) is 23.1 Å². The number of hydrogen-bond donors (Lipinski definition) is 2. The van der Waals surface area contributed by atoms with Gasteiger partial charge in [-0.1, -0.05) is 12.1 Å². The van der Waals surface area contributed by atoms with Gasteiger partial charge >= 0.3 is 6.03 Å². The van der Waals surface area contributed by atoms with Gasteiger partial charge in [-0.3, -0.25) is 4.90 Å². The number of halogens is 1. The van der Waals surface area contributed by atoms with E-state index in [4.69, 9.17) is 4.74 Å². The molecule has 22 heavy (non-hydrogen) atoms. The smallest absolute Gasteiger partial charge is 0.324 e. The summed E-state index contributed by atoms with van der Waals surface area (Å²) in [6, 6.07) is 10.9. The standard InChI is InChI=1S/C16H15FN2O3/c1-22-12-5-2-10(3-6-12)9-19-14-7-4-11(17)8-13(14)15(20)18-16(19)21/h2-8,15,20H,9H2,1H3,(H,18,21). The van der Waals surface area contributed by atoms with Gasteiger partial charge in [0.15, 0.2) is 6.23 Å². The number of aliphatic hydroxyl groups excluding tert-OH is 1. The Balaban J connectivity index is 1.92. The fourth-order valence-corrected chi connectivity index (χ4v) is 2.44. The Morgan fingerprint density at radius 2 is 2.00 bits per heavy atom. The van der Waals surface area contributed by atoms with Crippen molar-refractivity contribution in [2.24, 2.45) is 0 Å². The van der Waals surface area contributed by atoms with Crippen LogP contribution in [0.4, 0.5) is 14.9 Å². The second kappa shape index (κ2) is 5.65. The number of hydrogen-bond acceptors (Lipinski definition) is 3. The first-order valence-corrected chi connectivity index (χ1v) is 6.77. The van der Waals surface area contributed by atoms with Gasteiger partial charge < -0.3 is 15.2 Å². The number of urea groups is 1. The first kappa shape index (κ1) is 14.3. The second-order valence-electron chi connectivity index (χ2n) is 4.99. The van der Waals surface area contributed by atoms with Crippen molar-refractivity contribution >= 4 is 11.7 Å². The summed E-state index contributed by atoms with van der Waals surface area (Å²) in [4.78, 5) is 13.6. The first-order valence-electron chi connectivity index (χ1n) is 6.77. The largest absolute Gasteiger partial charge is 0.497 e. The van der Waals surface area contributed by atoms with Gasteiger partial charge in [0.25, 0.3) is 0 Å². The van der Waals surface area contributed by atoms with Gasteiger partial charge in [-0.2, -0.15) is 0 Å².